The summed E-state index contributed by atoms with van der Waals surface area (Å²) >= 11 is 0. The molecule has 0 N–H and O–H groups in total. The first-order valence-corrected chi connectivity index (χ1v) is 6.98. The summed E-state index contributed by atoms with van der Waals surface area (Å²) < 4.78 is 26.4. The van der Waals surface area contributed by atoms with Crippen molar-refractivity contribution in [3.8, 4) is 0 Å². The van der Waals surface area contributed by atoms with Gasteiger partial charge in [0, 0.05) is 0 Å². The molecule has 0 bridgehead atoms. The molecule has 0 nitrogen and oxygen atoms in total. The van der Waals surface area contributed by atoms with Crippen molar-refractivity contribution < 1.29 is 8.78 Å². The van der Waals surface area contributed by atoms with E-state index in [2.05, 4.69) is 6.92 Å². The number of hydrogen-bond acceptors (Lipinski definition) is 0. The molecule has 3 unspecified atom stereocenters. The topological polar surface area (TPSA) is 0 Å². The average Bonchev–Trinajstić information content (AvgIpc) is 2.33. The Morgan fingerprint density at radius 2 is 1.44 bits per heavy atom. The van der Waals surface area contributed by atoms with Crippen LogP contribution in [0.4, 0.5) is 8.78 Å². The molecule has 0 aromatic heterocycles. The van der Waals surface area contributed by atoms with Crippen molar-refractivity contribution in [2.75, 3.05) is 0 Å². The summed E-state index contributed by atoms with van der Waals surface area (Å²) in [5.74, 6) is 2.06. The van der Waals surface area contributed by atoms with Crippen molar-refractivity contribution >= 4 is 0 Å². The molecule has 0 radical (unpaired) electrons. The van der Waals surface area contributed by atoms with Crippen LogP contribution in [0.25, 0.3) is 0 Å². The minimum Gasteiger partial charge on any atom is -0.244 e. The highest BCUT2D eigenvalue weighted by Crippen LogP contribution is 2.41. The quantitative estimate of drug-likeness (QED) is 0.646. The molecular weight excluding hydrogens is 206 g/mol. The van der Waals surface area contributed by atoms with Gasteiger partial charge in [-0.2, -0.15) is 0 Å². The normalized spacial score (nSPS) is 45.6. The second-order valence-corrected chi connectivity index (χ2v) is 5.79. The number of alkyl halides is 2. The highest BCUT2D eigenvalue weighted by Gasteiger charge is 2.35. The highest BCUT2D eigenvalue weighted by molar-refractivity contribution is 4.85. The lowest BCUT2D eigenvalue weighted by Gasteiger charge is -2.37. The van der Waals surface area contributed by atoms with Crippen LogP contribution in [0.1, 0.15) is 58.3 Å². The van der Waals surface area contributed by atoms with Gasteiger partial charge < -0.3 is 0 Å². The van der Waals surface area contributed by atoms with Crippen molar-refractivity contribution in [3.63, 3.8) is 0 Å². The minimum absolute atomic E-state index is 0.458. The van der Waals surface area contributed by atoms with Gasteiger partial charge in [0.1, 0.15) is 12.3 Å². The summed E-state index contributed by atoms with van der Waals surface area (Å²) in [6.07, 6.45) is 5.94. The Morgan fingerprint density at radius 1 is 0.812 bits per heavy atom. The second kappa shape index (κ2) is 5.46. The van der Waals surface area contributed by atoms with Crippen LogP contribution in [0.2, 0.25) is 0 Å². The maximum atomic E-state index is 13.4. The largest absolute Gasteiger partial charge is 0.244 e. The van der Waals surface area contributed by atoms with Gasteiger partial charge in [-0.3, -0.25) is 0 Å². The third-order valence-corrected chi connectivity index (χ3v) is 4.87. The van der Waals surface area contributed by atoms with Gasteiger partial charge in [-0.1, -0.05) is 26.2 Å². The zero-order valence-corrected chi connectivity index (χ0v) is 10.3. The molecule has 2 fully saturated rings. The van der Waals surface area contributed by atoms with Gasteiger partial charge in [-0.05, 0) is 49.9 Å². The van der Waals surface area contributed by atoms with Gasteiger partial charge in [0.2, 0.25) is 0 Å². The molecule has 16 heavy (non-hydrogen) atoms. The monoisotopic (exact) mass is 230 g/mol. The Morgan fingerprint density at radius 3 is 2.00 bits per heavy atom. The SMILES string of the molecule is CCC1CCC(C2CCC(F)C(F)C2)CC1. The van der Waals surface area contributed by atoms with Crippen LogP contribution in [0.5, 0.6) is 0 Å². The van der Waals surface area contributed by atoms with E-state index in [-0.39, 0.29) is 0 Å². The average molecular weight is 230 g/mol. The fourth-order valence-electron chi connectivity index (χ4n) is 3.60. The Kier molecular flexibility index (Phi) is 4.21. The summed E-state index contributed by atoms with van der Waals surface area (Å²) in [7, 11) is 0. The van der Waals surface area contributed by atoms with Gasteiger partial charge >= 0.3 is 0 Å². The smallest absolute Gasteiger partial charge is 0.131 e. The number of hydrogen-bond donors (Lipinski definition) is 0. The Bertz CT molecular complexity index is 209. The standard InChI is InChI=1S/C14H24F2/c1-2-10-3-5-11(6-4-10)12-7-8-13(15)14(16)9-12/h10-14H,2-9H2,1H3. The molecule has 2 heteroatoms. The van der Waals surface area contributed by atoms with Gasteiger partial charge in [-0.15, -0.1) is 0 Å². The van der Waals surface area contributed by atoms with E-state index in [9.17, 15) is 8.78 Å². The third-order valence-electron chi connectivity index (χ3n) is 4.87. The lowest BCUT2D eigenvalue weighted by atomic mass is 9.70. The first-order valence-electron chi connectivity index (χ1n) is 6.98. The van der Waals surface area contributed by atoms with Crippen LogP contribution in [0, 0.1) is 17.8 Å². The van der Waals surface area contributed by atoms with Crippen LogP contribution in [0.3, 0.4) is 0 Å². The predicted molar refractivity (Wildman–Crippen MR) is 62.9 cm³/mol. The number of rotatable bonds is 2. The van der Waals surface area contributed by atoms with Crippen LogP contribution < -0.4 is 0 Å². The summed E-state index contributed by atoms with van der Waals surface area (Å²) in [5.41, 5.74) is 0. The molecule has 2 aliphatic rings. The fraction of sp³-hybridized carbons (Fsp3) is 1.00. The lowest BCUT2D eigenvalue weighted by Crippen LogP contribution is -2.32. The lowest BCUT2D eigenvalue weighted by molar-refractivity contribution is 0.0547. The van der Waals surface area contributed by atoms with Gasteiger partial charge in [0.05, 0.1) is 0 Å². The molecule has 0 amide bonds. The van der Waals surface area contributed by atoms with E-state index in [1.54, 1.807) is 0 Å². The molecule has 0 aliphatic heterocycles. The van der Waals surface area contributed by atoms with Crippen LogP contribution in [0.15, 0.2) is 0 Å². The molecule has 0 heterocycles. The summed E-state index contributed by atoms with van der Waals surface area (Å²) in [6.45, 7) is 2.26. The Balaban J connectivity index is 1.81. The molecule has 2 aliphatic carbocycles. The van der Waals surface area contributed by atoms with E-state index in [0.29, 0.717) is 24.7 Å². The van der Waals surface area contributed by atoms with Crippen molar-refractivity contribution in [1.82, 2.24) is 0 Å². The zero-order valence-electron chi connectivity index (χ0n) is 10.3. The molecule has 2 saturated carbocycles. The highest BCUT2D eigenvalue weighted by atomic mass is 19.2. The molecule has 2 rings (SSSR count). The summed E-state index contributed by atoms with van der Waals surface area (Å²) in [5, 5.41) is 0. The molecule has 0 saturated heterocycles. The molecule has 0 spiro atoms. The van der Waals surface area contributed by atoms with E-state index < -0.39 is 12.3 Å². The first-order chi connectivity index (χ1) is 7.70. The summed E-state index contributed by atoms with van der Waals surface area (Å²) in [4.78, 5) is 0. The maximum Gasteiger partial charge on any atom is 0.131 e. The number of halogens is 2. The van der Waals surface area contributed by atoms with E-state index in [0.717, 1.165) is 12.3 Å². The Hall–Kier alpha value is -0.140. The van der Waals surface area contributed by atoms with Crippen molar-refractivity contribution in [2.24, 2.45) is 17.8 Å². The van der Waals surface area contributed by atoms with Crippen LogP contribution in [-0.2, 0) is 0 Å². The van der Waals surface area contributed by atoms with Gasteiger partial charge in [-0.25, -0.2) is 8.78 Å². The molecule has 0 aromatic carbocycles. The van der Waals surface area contributed by atoms with Crippen LogP contribution >= 0.6 is 0 Å². The van der Waals surface area contributed by atoms with Crippen molar-refractivity contribution in [2.45, 2.75) is 70.6 Å². The van der Waals surface area contributed by atoms with Gasteiger partial charge in [0.15, 0.2) is 0 Å². The Labute approximate surface area is 97.8 Å². The van der Waals surface area contributed by atoms with E-state index in [1.165, 1.54) is 32.1 Å². The van der Waals surface area contributed by atoms with Crippen molar-refractivity contribution in [1.29, 1.82) is 0 Å². The first kappa shape index (κ1) is 12.3. The summed E-state index contributed by atoms with van der Waals surface area (Å²) in [6, 6.07) is 0. The van der Waals surface area contributed by atoms with E-state index >= 15 is 0 Å². The van der Waals surface area contributed by atoms with E-state index in [1.807, 2.05) is 0 Å². The maximum absolute atomic E-state index is 13.4. The third kappa shape index (κ3) is 2.75. The van der Waals surface area contributed by atoms with Crippen molar-refractivity contribution in [3.05, 3.63) is 0 Å². The molecular formula is C14H24F2. The minimum atomic E-state index is -1.18. The fourth-order valence-corrected chi connectivity index (χ4v) is 3.60. The molecule has 0 aromatic rings. The molecule has 3 atom stereocenters. The predicted octanol–water partition coefficient (Wildman–Crippen LogP) is 4.68. The van der Waals surface area contributed by atoms with Crippen LogP contribution in [-0.4, -0.2) is 12.3 Å². The molecule has 94 valence electrons. The zero-order chi connectivity index (χ0) is 11.5. The van der Waals surface area contributed by atoms with Gasteiger partial charge in [0.25, 0.3) is 0 Å². The second-order valence-electron chi connectivity index (χ2n) is 5.79. The van der Waals surface area contributed by atoms with E-state index in [4.69, 9.17) is 0 Å².